The molecule has 0 amide bonds. The molecule has 0 radical (unpaired) electrons. The van der Waals surface area contributed by atoms with Gasteiger partial charge >= 0.3 is 0 Å². The van der Waals surface area contributed by atoms with E-state index >= 15 is 0 Å². The number of rotatable bonds is 11. The highest BCUT2D eigenvalue weighted by molar-refractivity contribution is 8.01. The lowest BCUT2D eigenvalue weighted by Gasteiger charge is -2.37. The number of nitrogens with zero attached hydrogens (tertiary/aromatic N) is 3. The Kier molecular flexibility index (Phi) is 8.97. The number of hydrogen-bond donors (Lipinski definition) is 2. The molecule has 218 valence electrons. The number of carbonyl (C=O) groups excluding carboxylic acids is 1. The minimum Gasteiger partial charge on any atom is -0.632 e. The van der Waals surface area contributed by atoms with Gasteiger partial charge in [0.05, 0.1) is 34.5 Å². The summed E-state index contributed by atoms with van der Waals surface area (Å²) >= 11 is 2.88. The Hall–Kier alpha value is -4.42. The molecule has 1 unspecified atom stereocenters. The number of Topliss-reactive ketones (excluding diaryl/α,β-unsaturated/α-hetero) is 1. The molecule has 0 fully saturated rings. The molecule has 3 aromatic carbocycles. The Morgan fingerprint density at radius 1 is 1.07 bits per heavy atom. The van der Waals surface area contributed by atoms with Crippen LogP contribution in [-0.2, 0) is 0 Å². The molecular formula is C32H28FN5O3S2. The number of nitrogens with two attached hydrogens (primary N) is 1. The Morgan fingerprint density at radius 3 is 2.58 bits per heavy atom. The molecule has 0 bridgehead atoms. The van der Waals surface area contributed by atoms with Gasteiger partial charge in [0.15, 0.2) is 0 Å². The average molecular weight is 614 g/mol. The number of thiophene rings is 1. The summed E-state index contributed by atoms with van der Waals surface area (Å²) in [6.45, 7) is -0.193. The third kappa shape index (κ3) is 6.98. The predicted molar refractivity (Wildman–Crippen MR) is 172 cm³/mol. The van der Waals surface area contributed by atoms with E-state index in [4.69, 9.17) is 15.9 Å². The Morgan fingerprint density at radius 2 is 1.84 bits per heavy atom. The van der Waals surface area contributed by atoms with Crippen LogP contribution in [-0.4, -0.2) is 53.2 Å². The molecule has 1 atom stereocenters. The quantitative estimate of drug-likeness (QED) is 0.0317. The fourth-order valence-electron chi connectivity index (χ4n) is 4.48. The number of benzene rings is 3. The average Bonchev–Trinajstić information content (AvgIpc) is 3.49. The SMILES string of the molecule is COc1cccc(C(=O)C[N+](C)([O-])CSc2ccc(-c3ncnc4ccc(C(C=N)=C(N)c5ccc(F)cc5)cc34)s2)c1. The lowest BCUT2D eigenvalue weighted by atomic mass is 9.98. The van der Waals surface area contributed by atoms with Crippen molar-refractivity contribution in [2.75, 3.05) is 26.6 Å². The molecule has 5 rings (SSSR count). The summed E-state index contributed by atoms with van der Waals surface area (Å²) in [5, 5.41) is 22.0. The Balaban J connectivity index is 1.36. The van der Waals surface area contributed by atoms with Crippen LogP contribution in [0.1, 0.15) is 21.5 Å². The van der Waals surface area contributed by atoms with Gasteiger partial charge in [0, 0.05) is 28.4 Å². The van der Waals surface area contributed by atoms with Crippen molar-refractivity contribution in [1.29, 1.82) is 5.41 Å². The third-order valence-corrected chi connectivity index (χ3v) is 9.29. The van der Waals surface area contributed by atoms with Gasteiger partial charge in [-0.05, 0) is 71.8 Å². The summed E-state index contributed by atoms with van der Waals surface area (Å²) < 4.78 is 18.8. The van der Waals surface area contributed by atoms with Gasteiger partial charge in [-0.2, -0.15) is 0 Å². The van der Waals surface area contributed by atoms with Crippen molar-refractivity contribution in [2.24, 2.45) is 5.73 Å². The van der Waals surface area contributed by atoms with E-state index in [0.29, 0.717) is 39.4 Å². The molecular weight excluding hydrogens is 586 g/mol. The van der Waals surface area contributed by atoms with Crippen molar-refractivity contribution in [1.82, 2.24) is 9.97 Å². The number of nitrogens with one attached hydrogen (secondary N) is 1. The van der Waals surface area contributed by atoms with E-state index < -0.39 is 4.65 Å². The number of aromatic nitrogens is 2. The Labute approximate surface area is 256 Å². The van der Waals surface area contributed by atoms with Crippen LogP contribution < -0.4 is 10.5 Å². The number of hydrogen-bond acceptors (Lipinski definition) is 9. The van der Waals surface area contributed by atoms with Crippen molar-refractivity contribution < 1.29 is 18.6 Å². The minimum absolute atomic E-state index is 0.153. The summed E-state index contributed by atoms with van der Waals surface area (Å²) in [5.41, 5.74) is 10.4. The second-order valence-corrected chi connectivity index (χ2v) is 12.3. The van der Waals surface area contributed by atoms with Crippen LogP contribution in [0.2, 0.25) is 0 Å². The number of halogens is 1. The molecule has 8 nitrogen and oxygen atoms in total. The zero-order valence-electron chi connectivity index (χ0n) is 23.4. The zero-order valence-corrected chi connectivity index (χ0v) is 25.0. The number of thioether (sulfide) groups is 1. The monoisotopic (exact) mass is 613 g/mol. The predicted octanol–water partition coefficient (Wildman–Crippen LogP) is 6.86. The van der Waals surface area contributed by atoms with Crippen LogP contribution in [0.25, 0.3) is 32.7 Å². The molecule has 43 heavy (non-hydrogen) atoms. The van der Waals surface area contributed by atoms with Crippen LogP contribution >= 0.6 is 23.1 Å². The highest BCUT2D eigenvalue weighted by Crippen LogP contribution is 2.37. The first-order chi connectivity index (χ1) is 20.7. The number of hydroxylamine groups is 3. The number of allylic oxidation sites excluding steroid dienone is 1. The maximum atomic E-state index is 13.4. The molecule has 0 saturated carbocycles. The first-order valence-electron chi connectivity index (χ1n) is 13.1. The Bertz CT molecular complexity index is 1840. The van der Waals surface area contributed by atoms with Gasteiger partial charge in [0.1, 0.15) is 30.3 Å². The van der Waals surface area contributed by atoms with Crippen LogP contribution in [0.15, 0.2) is 89.4 Å². The van der Waals surface area contributed by atoms with Crippen molar-refractivity contribution in [3.63, 3.8) is 0 Å². The molecule has 0 aliphatic heterocycles. The first-order valence-corrected chi connectivity index (χ1v) is 14.9. The van der Waals surface area contributed by atoms with Crippen LogP contribution in [0.4, 0.5) is 4.39 Å². The van der Waals surface area contributed by atoms with Crippen molar-refractivity contribution in [3.05, 3.63) is 113 Å². The van der Waals surface area contributed by atoms with Crippen molar-refractivity contribution in [2.45, 2.75) is 4.21 Å². The van der Waals surface area contributed by atoms with Crippen molar-refractivity contribution >= 4 is 57.3 Å². The molecule has 0 spiro atoms. The van der Waals surface area contributed by atoms with E-state index in [0.717, 1.165) is 20.0 Å². The van der Waals surface area contributed by atoms with Gasteiger partial charge in [-0.1, -0.05) is 30.0 Å². The van der Waals surface area contributed by atoms with Gasteiger partial charge < -0.3 is 25.7 Å². The van der Waals surface area contributed by atoms with E-state index in [-0.39, 0.29) is 24.0 Å². The minimum atomic E-state index is -0.734. The summed E-state index contributed by atoms with van der Waals surface area (Å²) in [6.07, 6.45) is 2.68. The number of quaternary nitrogens is 1. The molecule has 2 heterocycles. The maximum absolute atomic E-state index is 13.4. The number of ether oxygens (including phenoxy) is 1. The fourth-order valence-corrected chi connectivity index (χ4v) is 6.55. The highest BCUT2D eigenvalue weighted by Gasteiger charge is 2.20. The molecule has 5 aromatic rings. The molecule has 11 heteroatoms. The smallest absolute Gasteiger partial charge is 0.217 e. The number of fused-ring (bicyclic) bond motifs is 1. The second-order valence-electron chi connectivity index (χ2n) is 9.93. The van der Waals surface area contributed by atoms with Crippen LogP contribution in [0.5, 0.6) is 5.75 Å². The molecule has 0 aliphatic rings. The van der Waals surface area contributed by atoms with E-state index in [9.17, 15) is 14.4 Å². The zero-order chi connectivity index (χ0) is 30.6. The van der Waals surface area contributed by atoms with E-state index in [1.165, 1.54) is 61.9 Å². The summed E-state index contributed by atoms with van der Waals surface area (Å²) in [4.78, 5) is 22.6. The summed E-state index contributed by atoms with van der Waals surface area (Å²) in [7, 11) is 3.02. The highest BCUT2D eigenvalue weighted by atomic mass is 32.2. The molecule has 0 saturated heterocycles. The molecule has 3 N–H and O–H groups in total. The van der Waals surface area contributed by atoms with Gasteiger partial charge in [0.2, 0.25) is 5.78 Å². The largest absolute Gasteiger partial charge is 0.632 e. The van der Waals surface area contributed by atoms with E-state index in [1.807, 2.05) is 30.3 Å². The first kappa shape index (κ1) is 30.1. The summed E-state index contributed by atoms with van der Waals surface area (Å²) in [5.74, 6) is 0.109. The normalized spacial score (nSPS) is 13.3. The fraction of sp³-hybridized carbons (Fsp3) is 0.125. The molecule has 0 aliphatic carbocycles. The standard InChI is InChI=1S/C32H28FN5O3S2/c1-38(40,17-28(39)22-4-3-5-24(14-22)41-2)19-42-30-13-12-29(43-30)32-25-15-21(8-11-27(25)36-18-37-32)26(16-34)31(35)20-6-9-23(33)10-7-20/h3-16,18,34H,17,19,35H2,1-2H3. The molecule has 2 aromatic heterocycles. The van der Waals surface area contributed by atoms with Gasteiger partial charge in [-0.15, -0.1) is 11.3 Å². The number of carbonyl (C=O) groups is 1. The third-order valence-electron chi connectivity index (χ3n) is 6.70. The number of methoxy groups -OCH3 is 1. The maximum Gasteiger partial charge on any atom is 0.217 e. The van der Waals surface area contributed by atoms with Gasteiger partial charge in [-0.3, -0.25) is 4.79 Å². The van der Waals surface area contributed by atoms with Gasteiger partial charge in [-0.25, -0.2) is 14.4 Å². The van der Waals surface area contributed by atoms with Crippen LogP contribution in [0, 0.1) is 16.4 Å². The topological polar surface area (TPSA) is 125 Å². The van der Waals surface area contributed by atoms with Gasteiger partial charge in [0.25, 0.3) is 0 Å². The summed E-state index contributed by atoms with van der Waals surface area (Å²) in [6, 6.07) is 22.1. The van der Waals surface area contributed by atoms with Crippen LogP contribution in [0.3, 0.4) is 0 Å². The lowest BCUT2D eigenvalue weighted by Crippen LogP contribution is -2.41. The van der Waals surface area contributed by atoms with E-state index in [1.54, 1.807) is 36.4 Å². The van der Waals surface area contributed by atoms with E-state index in [2.05, 4.69) is 9.97 Å². The van der Waals surface area contributed by atoms with Crippen molar-refractivity contribution in [3.8, 4) is 16.3 Å². The second kappa shape index (κ2) is 12.8. The lowest BCUT2D eigenvalue weighted by molar-refractivity contribution is -0.838. The number of likely N-dealkylation sites (N-methyl/N-ethyl adjacent to an activating group) is 1. The number of ketones is 1.